The fraction of sp³-hybridized carbons (Fsp3) is 0.833. The summed E-state index contributed by atoms with van der Waals surface area (Å²) in [4.78, 5) is 24.5. The Morgan fingerprint density at radius 1 is 1.44 bits per heavy atom. The number of nitrogens with one attached hydrogen (secondary N) is 1. The van der Waals surface area contributed by atoms with Gasteiger partial charge in [0.05, 0.1) is 12.6 Å². The van der Waals surface area contributed by atoms with Crippen LogP contribution >= 0.6 is 0 Å². The summed E-state index contributed by atoms with van der Waals surface area (Å²) in [5, 5.41) is 12.2. The Balaban J connectivity index is 1.83. The van der Waals surface area contributed by atoms with Crippen LogP contribution in [0.3, 0.4) is 0 Å². The average Bonchev–Trinajstić information content (AvgIpc) is 3.05. The Bertz CT molecular complexity index is 330. The number of hydrogen-bond acceptors (Lipinski definition) is 4. The number of ether oxygens (including phenoxy) is 1. The van der Waals surface area contributed by atoms with E-state index >= 15 is 0 Å². The lowest BCUT2D eigenvalue weighted by atomic mass is 10.2. The topological polar surface area (TPSA) is 78.9 Å². The largest absolute Gasteiger partial charge is 0.480 e. The highest BCUT2D eigenvalue weighted by atomic mass is 16.5. The zero-order valence-electron chi connectivity index (χ0n) is 10.6. The van der Waals surface area contributed by atoms with Gasteiger partial charge in [0.2, 0.25) is 5.91 Å². The van der Waals surface area contributed by atoms with E-state index in [-0.39, 0.29) is 18.6 Å². The summed E-state index contributed by atoms with van der Waals surface area (Å²) in [7, 11) is 1.54. The van der Waals surface area contributed by atoms with E-state index in [1.165, 1.54) is 17.7 Å². The first-order valence-electron chi connectivity index (χ1n) is 6.37. The van der Waals surface area contributed by atoms with Crippen molar-refractivity contribution < 1.29 is 19.4 Å². The van der Waals surface area contributed by atoms with Gasteiger partial charge >= 0.3 is 5.97 Å². The molecule has 0 aromatic carbocycles. The van der Waals surface area contributed by atoms with Gasteiger partial charge in [-0.2, -0.15) is 0 Å². The third-order valence-electron chi connectivity index (χ3n) is 3.61. The molecule has 2 unspecified atom stereocenters. The van der Waals surface area contributed by atoms with Gasteiger partial charge in [-0.05, 0) is 25.3 Å². The predicted molar refractivity (Wildman–Crippen MR) is 64.1 cm³/mol. The summed E-state index contributed by atoms with van der Waals surface area (Å²) in [5.41, 5.74) is 0. The highest BCUT2D eigenvalue weighted by Gasteiger charge is 2.39. The lowest BCUT2D eigenvalue weighted by Crippen LogP contribution is -2.45. The first-order valence-corrected chi connectivity index (χ1v) is 6.37. The van der Waals surface area contributed by atoms with Gasteiger partial charge in [0.25, 0.3) is 0 Å². The molecule has 1 saturated carbocycles. The molecule has 1 amide bonds. The Kier molecular flexibility index (Phi) is 4.19. The standard InChI is InChI=1S/C12H20N2O4/c1-18-9-4-10(12(16)17)14(7-9)11(15)6-13-5-8-2-3-8/h8-10,13H,2-7H2,1H3,(H,16,17). The van der Waals surface area contributed by atoms with E-state index in [1.807, 2.05) is 0 Å². The fourth-order valence-corrected chi connectivity index (χ4v) is 2.28. The second kappa shape index (κ2) is 5.67. The number of nitrogens with zero attached hydrogens (tertiary/aromatic N) is 1. The van der Waals surface area contributed by atoms with Crippen molar-refractivity contribution >= 4 is 11.9 Å². The molecule has 6 heteroatoms. The molecule has 2 aliphatic rings. The van der Waals surface area contributed by atoms with Crippen LogP contribution in [0.5, 0.6) is 0 Å². The number of carboxylic acid groups (broad SMARTS) is 1. The maximum Gasteiger partial charge on any atom is 0.326 e. The first-order chi connectivity index (χ1) is 8.61. The summed E-state index contributed by atoms with van der Waals surface area (Å²) in [6.45, 7) is 1.44. The molecular formula is C12H20N2O4. The minimum atomic E-state index is -0.954. The van der Waals surface area contributed by atoms with E-state index in [9.17, 15) is 9.59 Å². The number of carbonyl (C=O) groups excluding carboxylic acids is 1. The van der Waals surface area contributed by atoms with Gasteiger partial charge < -0.3 is 20.1 Å². The Hall–Kier alpha value is -1.14. The molecule has 0 spiro atoms. The van der Waals surface area contributed by atoms with Gasteiger partial charge in [-0.3, -0.25) is 4.79 Å². The van der Waals surface area contributed by atoms with Crippen LogP contribution in [0.2, 0.25) is 0 Å². The van der Waals surface area contributed by atoms with E-state index in [2.05, 4.69) is 5.32 Å². The summed E-state index contributed by atoms with van der Waals surface area (Å²) in [5.74, 6) is -0.397. The van der Waals surface area contributed by atoms with Crippen molar-refractivity contribution in [1.29, 1.82) is 0 Å². The molecule has 6 nitrogen and oxygen atoms in total. The lowest BCUT2D eigenvalue weighted by molar-refractivity contribution is -0.147. The normalized spacial score (nSPS) is 27.5. The third-order valence-corrected chi connectivity index (χ3v) is 3.61. The van der Waals surface area contributed by atoms with Crippen LogP contribution in [0, 0.1) is 5.92 Å². The zero-order chi connectivity index (χ0) is 13.1. The predicted octanol–water partition coefficient (Wildman–Crippen LogP) is -0.313. The average molecular weight is 256 g/mol. The van der Waals surface area contributed by atoms with Crippen LogP contribution < -0.4 is 5.32 Å². The smallest absolute Gasteiger partial charge is 0.326 e. The summed E-state index contributed by atoms with van der Waals surface area (Å²) < 4.78 is 5.15. The van der Waals surface area contributed by atoms with Gasteiger partial charge in [-0.25, -0.2) is 4.79 Å². The van der Waals surface area contributed by atoms with E-state index in [0.29, 0.717) is 18.9 Å². The molecule has 102 valence electrons. The number of methoxy groups -OCH3 is 1. The lowest BCUT2D eigenvalue weighted by Gasteiger charge is -2.21. The molecule has 0 aromatic rings. The number of likely N-dealkylation sites (tertiary alicyclic amines) is 1. The molecule has 18 heavy (non-hydrogen) atoms. The van der Waals surface area contributed by atoms with Crippen molar-refractivity contribution in [3.63, 3.8) is 0 Å². The van der Waals surface area contributed by atoms with Gasteiger partial charge in [0, 0.05) is 20.1 Å². The molecule has 0 bridgehead atoms. The van der Waals surface area contributed by atoms with Gasteiger partial charge in [0.15, 0.2) is 0 Å². The molecular weight excluding hydrogens is 236 g/mol. The maximum atomic E-state index is 12.0. The summed E-state index contributed by atoms with van der Waals surface area (Å²) in [6, 6.07) is -0.745. The fourth-order valence-electron chi connectivity index (χ4n) is 2.28. The molecule has 2 rings (SSSR count). The highest BCUT2D eigenvalue weighted by molar-refractivity contribution is 5.85. The monoisotopic (exact) mass is 256 g/mol. The SMILES string of the molecule is COC1CC(C(=O)O)N(C(=O)CNCC2CC2)C1. The molecule has 2 fully saturated rings. The van der Waals surface area contributed by atoms with Crippen molar-refractivity contribution in [2.45, 2.75) is 31.4 Å². The van der Waals surface area contributed by atoms with Gasteiger partial charge in [0.1, 0.15) is 6.04 Å². The summed E-state index contributed by atoms with van der Waals surface area (Å²) >= 11 is 0. The second-order valence-corrected chi connectivity index (χ2v) is 5.07. The van der Waals surface area contributed by atoms with E-state index < -0.39 is 12.0 Å². The minimum absolute atomic E-state index is 0.150. The van der Waals surface area contributed by atoms with Crippen LogP contribution in [-0.2, 0) is 14.3 Å². The van der Waals surface area contributed by atoms with Crippen molar-refractivity contribution in [1.82, 2.24) is 10.2 Å². The van der Waals surface area contributed by atoms with Crippen molar-refractivity contribution in [3.05, 3.63) is 0 Å². The van der Waals surface area contributed by atoms with Crippen LogP contribution in [0.25, 0.3) is 0 Å². The van der Waals surface area contributed by atoms with Crippen molar-refractivity contribution in [2.24, 2.45) is 5.92 Å². The molecule has 2 atom stereocenters. The van der Waals surface area contributed by atoms with E-state index in [1.54, 1.807) is 7.11 Å². The number of carbonyl (C=O) groups is 2. The van der Waals surface area contributed by atoms with Crippen LogP contribution in [0.1, 0.15) is 19.3 Å². The van der Waals surface area contributed by atoms with Crippen molar-refractivity contribution in [2.75, 3.05) is 26.7 Å². The Labute approximate surface area is 106 Å². The third kappa shape index (κ3) is 3.20. The zero-order valence-corrected chi connectivity index (χ0v) is 10.6. The van der Waals surface area contributed by atoms with Crippen molar-refractivity contribution in [3.8, 4) is 0 Å². The van der Waals surface area contributed by atoms with Gasteiger partial charge in [-0.15, -0.1) is 0 Å². The molecule has 1 aliphatic heterocycles. The van der Waals surface area contributed by atoms with Crippen LogP contribution in [-0.4, -0.2) is 60.8 Å². The van der Waals surface area contributed by atoms with Crippen LogP contribution in [0.4, 0.5) is 0 Å². The molecule has 0 radical (unpaired) electrons. The molecule has 1 heterocycles. The number of hydrogen-bond donors (Lipinski definition) is 2. The molecule has 1 saturated heterocycles. The van der Waals surface area contributed by atoms with E-state index in [0.717, 1.165) is 6.54 Å². The molecule has 2 N–H and O–H groups in total. The summed E-state index contributed by atoms with van der Waals surface area (Å²) in [6.07, 6.45) is 2.67. The van der Waals surface area contributed by atoms with E-state index in [4.69, 9.17) is 9.84 Å². The number of amides is 1. The number of carboxylic acids is 1. The van der Waals surface area contributed by atoms with Crippen LogP contribution in [0.15, 0.2) is 0 Å². The molecule has 0 aromatic heterocycles. The number of aliphatic carboxylic acids is 1. The Morgan fingerprint density at radius 2 is 2.17 bits per heavy atom. The molecule has 1 aliphatic carbocycles. The highest BCUT2D eigenvalue weighted by Crippen LogP contribution is 2.27. The Morgan fingerprint density at radius 3 is 2.72 bits per heavy atom. The number of rotatable bonds is 6. The first kappa shape index (κ1) is 13.3. The second-order valence-electron chi connectivity index (χ2n) is 5.07. The maximum absolute atomic E-state index is 12.0. The minimum Gasteiger partial charge on any atom is -0.480 e. The van der Waals surface area contributed by atoms with Gasteiger partial charge in [-0.1, -0.05) is 0 Å². The quantitative estimate of drug-likeness (QED) is 0.681.